The van der Waals surface area contributed by atoms with Gasteiger partial charge in [0.1, 0.15) is 5.69 Å². The van der Waals surface area contributed by atoms with Crippen molar-refractivity contribution in [1.29, 1.82) is 0 Å². The van der Waals surface area contributed by atoms with Crippen LogP contribution in [0.15, 0.2) is 29.1 Å². The van der Waals surface area contributed by atoms with Gasteiger partial charge in [-0.1, -0.05) is 18.5 Å². The first-order chi connectivity index (χ1) is 11.3. The Morgan fingerprint density at radius 3 is 2.21 bits per heavy atom. The van der Waals surface area contributed by atoms with Gasteiger partial charge in [-0.15, -0.1) is 0 Å². The molecular weight excluding hydrogens is 336 g/mol. The monoisotopic (exact) mass is 350 g/mol. The molecule has 2 aromatic rings. The van der Waals surface area contributed by atoms with Crippen LogP contribution in [0.5, 0.6) is 0 Å². The number of halogens is 1. The Morgan fingerprint density at radius 1 is 1.12 bits per heavy atom. The smallest absolute Gasteiger partial charge is 0.309 e. The molecule has 8 heteroatoms. The molecule has 0 bridgehead atoms. The third kappa shape index (κ3) is 3.80. The number of hydrogen-bond acceptors (Lipinski definition) is 4. The average molecular weight is 351 g/mol. The van der Waals surface area contributed by atoms with Crippen molar-refractivity contribution in [2.75, 3.05) is 0 Å². The Kier molecular flexibility index (Phi) is 5.35. The summed E-state index contributed by atoms with van der Waals surface area (Å²) in [5, 5.41) is 22.7. The maximum Gasteiger partial charge on any atom is 0.309 e. The molecule has 0 unspecified atom stereocenters. The first kappa shape index (κ1) is 17.7. The summed E-state index contributed by atoms with van der Waals surface area (Å²) in [5.41, 5.74) is 0.201. The van der Waals surface area contributed by atoms with E-state index >= 15 is 0 Å². The van der Waals surface area contributed by atoms with Crippen LogP contribution in [0.4, 0.5) is 0 Å². The number of carbonyl (C=O) groups is 2. The lowest BCUT2D eigenvalue weighted by Crippen LogP contribution is -2.28. The minimum atomic E-state index is -1.22. The summed E-state index contributed by atoms with van der Waals surface area (Å²) in [7, 11) is 0. The minimum Gasteiger partial charge on any atom is -0.481 e. The molecule has 24 heavy (non-hydrogen) atoms. The lowest BCUT2D eigenvalue weighted by Gasteiger charge is -2.16. The Balaban J connectivity index is 2.76. The Labute approximate surface area is 142 Å². The zero-order valence-electron chi connectivity index (χ0n) is 12.8. The molecule has 0 fully saturated rings. The zero-order valence-corrected chi connectivity index (χ0v) is 13.6. The first-order valence-corrected chi connectivity index (χ1v) is 7.54. The predicted octanol–water partition coefficient (Wildman–Crippen LogP) is 1.70. The largest absolute Gasteiger partial charge is 0.481 e. The molecule has 0 aliphatic heterocycles. The van der Waals surface area contributed by atoms with E-state index in [4.69, 9.17) is 21.8 Å². The van der Waals surface area contributed by atoms with Crippen LogP contribution in [-0.2, 0) is 28.9 Å². The van der Waals surface area contributed by atoms with Gasteiger partial charge >= 0.3 is 11.9 Å². The summed E-state index contributed by atoms with van der Waals surface area (Å²) in [6.45, 7) is 1.77. The van der Waals surface area contributed by atoms with Gasteiger partial charge in [-0.05, 0) is 30.7 Å². The Hall–Kier alpha value is -2.67. The normalized spacial score (nSPS) is 10.6. The van der Waals surface area contributed by atoms with Gasteiger partial charge in [0.15, 0.2) is 0 Å². The molecule has 0 saturated carbocycles. The van der Waals surface area contributed by atoms with E-state index in [2.05, 4.69) is 5.10 Å². The lowest BCUT2D eigenvalue weighted by molar-refractivity contribution is -0.137. The topological polar surface area (TPSA) is 109 Å². The summed E-state index contributed by atoms with van der Waals surface area (Å²) in [5.74, 6) is -2.38. The fourth-order valence-corrected chi connectivity index (χ4v) is 2.54. The highest BCUT2D eigenvalue weighted by molar-refractivity contribution is 6.30. The molecule has 2 N–H and O–H groups in total. The maximum atomic E-state index is 12.4. The van der Waals surface area contributed by atoms with Crippen LogP contribution in [0.2, 0.25) is 5.02 Å². The van der Waals surface area contributed by atoms with Crippen molar-refractivity contribution in [3.05, 3.63) is 56.5 Å². The van der Waals surface area contributed by atoms with Crippen molar-refractivity contribution in [3.8, 4) is 5.69 Å². The van der Waals surface area contributed by atoms with Crippen molar-refractivity contribution in [2.45, 2.75) is 26.2 Å². The Bertz CT molecular complexity index is 843. The Morgan fingerprint density at radius 2 is 1.71 bits per heavy atom. The van der Waals surface area contributed by atoms with Gasteiger partial charge in [0.25, 0.3) is 0 Å². The van der Waals surface area contributed by atoms with Gasteiger partial charge in [0.2, 0.25) is 5.43 Å². The second-order valence-electron chi connectivity index (χ2n) is 5.08. The number of hydrogen-bond donors (Lipinski definition) is 2. The molecule has 0 radical (unpaired) electrons. The average Bonchev–Trinajstić information content (AvgIpc) is 2.51. The van der Waals surface area contributed by atoms with E-state index in [0.717, 1.165) is 0 Å². The fourth-order valence-electron chi connectivity index (χ4n) is 2.41. The number of rotatable bonds is 6. The van der Waals surface area contributed by atoms with E-state index < -0.39 is 30.2 Å². The molecule has 126 valence electrons. The molecule has 7 nitrogen and oxygen atoms in total. The first-order valence-electron chi connectivity index (χ1n) is 7.17. The molecule has 1 aromatic heterocycles. The van der Waals surface area contributed by atoms with Crippen molar-refractivity contribution < 1.29 is 19.8 Å². The number of carboxylic acid groups (broad SMARTS) is 2. The van der Waals surface area contributed by atoms with Gasteiger partial charge < -0.3 is 10.2 Å². The molecule has 0 spiro atoms. The molecule has 1 aromatic carbocycles. The summed E-state index contributed by atoms with van der Waals surface area (Å²) in [6.07, 6.45) is -0.714. The van der Waals surface area contributed by atoms with Crippen molar-refractivity contribution >= 4 is 23.5 Å². The zero-order chi connectivity index (χ0) is 17.9. The minimum absolute atomic E-state index is 0.0474. The molecule has 1 heterocycles. The van der Waals surface area contributed by atoms with Crippen LogP contribution in [0.3, 0.4) is 0 Å². The second kappa shape index (κ2) is 7.27. The highest BCUT2D eigenvalue weighted by Gasteiger charge is 2.20. The molecule has 0 aliphatic carbocycles. The quantitative estimate of drug-likeness (QED) is 0.820. The van der Waals surface area contributed by atoms with E-state index in [0.29, 0.717) is 22.8 Å². The summed E-state index contributed by atoms with van der Waals surface area (Å²) < 4.78 is 1.41. The van der Waals surface area contributed by atoms with E-state index in [1.165, 1.54) is 4.68 Å². The number of aliphatic carboxylic acids is 2. The van der Waals surface area contributed by atoms with E-state index in [1.54, 1.807) is 31.2 Å². The van der Waals surface area contributed by atoms with Crippen LogP contribution < -0.4 is 5.43 Å². The third-order valence-corrected chi connectivity index (χ3v) is 3.67. The number of nitrogens with zero attached hydrogens (tertiary/aromatic N) is 2. The highest BCUT2D eigenvalue weighted by Crippen LogP contribution is 2.17. The van der Waals surface area contributed by atoms with Crippen LogP contribution in [0.1, 0.15) is 23.9 Å². The van der Waals surface area contributed by atoms with Crippen LogP contribution in [0.25, 0.3) is 5.69 Å². The van der Waals surface area contributed by atoms with E-state index in [9.17, 15) is 14.4 Å². The summed E-state index contributed by atoms with van der Waals surface area (Å²) in [4.78, 5) is 34.5. The maximum absolute atomic E-state index is 12.4. The molecular formula is C16H15ClN2O5. The molecule has 0 atom stereocenters. The van der Waals surface area contributed by atoms with Crippen LogP contribution in [0, 0.1) is 0 Å². The number of carboxylic acids is 2. The molecule has 0 aliphatic rings. The van der Waals surface area contributed by atoms with Gasteiger partial charge in [-0.2, -0.15) is 5.10 Å². The van der Waals surface area contributed by atoms with Gasteiger partial charge in [0, 0.05) is 10.6 Å². The van der Waals surface area contributed by atoms with Crippen molar-refractivity contribution in [1.82, 2.24) is 9.78 Å². The van der Waals surface area contributed by atoms with Gasteiger partial charge in [-0.3, -0.25) is 14.4 Å². The lowest BCUT2D eigenvalue weighted by atomic mass is 10.1. The van der Waals surface area contributed by atoms with Crippen molar-refractivity contribution in [3.63, 3.8) is 0 Å². The molecule has 0 saturated heterocycles. The number of benzene rings is 1. The SMILES string of the molecule is CCc1c(CC(=O)O)c(=O)c(CC(=O)O)nn1-c1ccc(Cl)cc1. The fraction of sp³-hybridized carbons (Fsp3) is 0.250. The van der Waals surface area contributed by atoms with Gasteiger partial charge in [-0.25, -0.2) is 4.68 Å². The van der Waals surface area contributed by atoms with E-state index in [-0.39, 0.29) is 11.3 Å². The van der Waals surface area contributed by atoms with Crippen molar-refractivity contribution in [2.24, 2.45) is 0 Å². The van der Waals surface area contributed by atoms with Crippen LogP contribution >= 0.6 is 11.6 Å². The van der Waals surface area contributed by atoms with Gasteiger partial charge in [0.05, 0.1) is 24.2 Å². The third-order valence-electron chi connectivity index (χ3n) is 3.41. The molecule has 2 rings (SSSR count). The standard InChI is InChI=1S/C16H15ClN2O5/c1-2-13-11(7-14(20)21)16(24)12(8-15(22)23)18-19(13)10-5-3-9(17)4-6-10/h3-6H,2,7-8H2,1H3,(H,20,21)(H,22,23). The number of aromatic nitrogens is 2. The van der Waals surface area contributed by atoms with E-state index in [1.807, 2.05) is 0 Å². The second-order valence-corrected chi connectivity index (χ2v) is 5.52. The molecule has 0 amide bonds. The van der Waals surface area contributed by atoms with Crippen LogP contribution in [-0.4, -0.2) is 31.9 Å². The predicted molar refractivity (Wildman–Crippen MR) is 86.9 cm³/mol. The summed E-state index contributed by atoms with van der Waals surface area (Å²) in [6, 6.07) is 6.58. The summed E-state index contributed by atoms with van der Waals surface area (Å²) >= 11 is 5.86. The highest BCUT2D eigenvalue weighted by atomic mass is 35.5.